The number of carbonyl (C=O) groups excluding carboxylic acids is 1. The number of carbonyl (C=O) groups is 1. The van der Waals surface area contributed by atoms with E-state index in [-0.39, 0.29) is 23.3 Å². The summed E-state index contributed by atoms with van der Waals surface area (Å²) in [5.41, 5.74) is 1.08. The summed E-state index contributed by atoms with van der Waals surface area (Å²) in [6.07, 6.45) is 1.34. The summed E-state index contributed by atoms with van der Waals surface area (Å²) in [4.78, 5) is 14.3. The number of amides is 1. The summed E-state index contributed by atoms with van der Waals surface area (Å²) < 4.78 is 23.0. The van der Waals surface area contributed by atoms with Gasteiger partial charge in [0.2, 0.25) is 5.91 Å². The molecular formula is C15H21NO3S. The van der Waals surface area contributed by atoms with E-state index in [1.165, 1.54) is 0 Å². The van der Waals surface area contributed by atoms with Gasteiger partial charge in [0.25, 0.3) is 0 Å². The summed E-state index contributed by atoms with van der Waals surface area (Å²) in [6.45, 7) is 3.25. The molecule has 1 fully saturated rings. The molecule has 1 amide bonds. The van der Waals surface area contributed by atoms with E-state index in [9.17, 15) is 13.2 Å². The highest BCUT2D eigenvalue weighted by Gasteiger charge is 2.35. The van der Waals surface area contributed by atoms with Crippen molar-refractivity contribution in [3.8, 4) is 0 Å². The van der Waals surface area contributed by atoms with Crippen molar-refractivity contribution in [2.24, 2.45) is 5.92 Å². The molecule has 1 aromatic carbocycles. The van der Waals surface area contributed by atoms with Crippen molar-refractivity contribution in [3.63, 3.8) is 0 Å². The van der Waals surface area contributed by atoms with Crippen molar-refractivity contribution in [2.75, 3.05) is 18.1 Å². The molecule has 2 rings (SSSR count). The Hall–Kier alpha value is -1.36. The van der Waals surface area contributed by atoms with Crippen LogP contribution in [0.15, 0.2) is 30.3 Å². The maximum Gasteiger partial charge on any atom is 0.227 e. The molecule has 0 aliphatic carbocycles. The highest BCUT2D eigenvalue weighted by atomic mass is 32.2. The first-order valence-corrected chi connectivity index (χ1v) is 8.87. The second-order valence-corrected chi connectivity index (χ2v) is 7.57. The lowest BCUT2D eigenvalue weighted by Crippen LogP contribution is -2.36. The number of rotatable bonds is 5. The molecular weight excluding hydrogens is 274 g/mol. The van der Waals surface area contributed by atoms with Crippen LogP contribution in [0.3, 0.4) is 0 Å². The fourth-order valence-corrected chi connectivity index (χ4v) is 4.32. The molecule has 1 aliphatic rings. The van der Waals surface area contributed by atoms with Crippen molar-refractivity contribution in [1.82, 2.24) is 4.90 Å². The van der Waals surface area contributed by atoms with Crippen molar-refractivity contribution in [1.29, 1.82) is 0 Å². The maximum absolute atomic E-state index is 12.5. The van der Waals surface area contributed by atoms with Crippen LogP contribution in [0.25, 0.3) is 0 Å². The standard InChI is InChI=1S/C15H21NO3S/c1-2-9-16(11-13-6-4-3-5-7-13)15(17)14-8-10-20(18,19)12-14/h3-7,14H,2,8-12H2,1H3/t14-/m0/s1. The Morgan fingerprint density at radius 2 is 2.00 bits per heavy atom. The van der Waals surface area contributed by atoms with Gasteiger partial charge in [-0.2, -0.15) is 0 Å². The predicted octanol–water partition coefficient (Wildman–Crippen LogP) is 1.86. The number of sulfone groups is 1. The quantitative estimate of drug-likeness (QED) is 0.833. The molecule has 0 radical (unpaired) electrons. The van der Waals surface area contributed by atoms with Crippen molar-refractivity contribution < 1.29 is 13.2 Å². The topological polar surface area (TPSA) is 54.5 Å². The van der Waals surface area contributed by atoms with Gasteiger partial charge in [-0.25, -0.2) is 8.42 Å². The summed E-state index contributed by atoms with van der Waals surface area (Å²) in [5, 5.41) is 0. The lowest BCUT2D eigenvalue weighted by molar-refractivity contribution is -0.135. The van der Waals surface area contributed by atoms with Gasteiger partial charge < -0.3 is 4.90 Å². The molecule has 1 heterocycles. The largest absolute Gasteiger partial charge is 0.338 e. The fourth-order valence-electron chi connectivity index (χ4n) is 2.59. The van der Waals surface area contributed by atoms with Gasteiger partial charge in [-0.3, -0.25) is 4.79 Å². The Morgan fingerprint density at radius 1 is 1.30 bits per heavy atom. The van der Waals surface area contributed by atoms with E-state index in [0.29, 0.717) is 19.5 Å². The molecule has 0 unspecified atom stereocenters. The molecule has 20 heavy (non-hydrogen) atoms. The average Bonchev–Trinajstić information content (AvgIpc) is 2.79. The van der Waals surface area contributed by atoms with Crippen molar-refractivity contribution in [3.05, 3.63) is 35.9 Å². The highest BCUT2D eigenvalue weighted by molar-refractivity contribution is 7.91. The molecule has 1 saturated heterocycles. The van der Waals surface area contributed by atoms with Gasteiger partial charge in [0.15, 0.2) is 9.84 Å². The van der Waals surface area contributed by atoms with Crippen LogP contribution in [-0.4, -0.2) is 37.3 Å². The Morgan fingerprint density at radius 3 is 2.55 bits per heavy atom. The number of nitrogens with zero attached hydrogens (tertiary/aromatic N) is 1. The minimum atomic E-state index is -3.01. The summed E-state index contributed by atoms with van der Waals surface area (Å²) in [7, 11) is -3.01. The number of benzene rings is 1. The molecule has 110 valence electrons. The monoisotopic (exact) mass is 295 g/mol. The zero-order valence-electron chi connectivity index (χ0n) is 11.8. The molecule has 4 nitrogen and oxygen atoms in total. The normalized spacial score (nSPS) is 20.8. The van der Waals surface area contributed by atoms with Gasteiger partial charge in [0, 0.05) is 13.1 Å². The van der Waals surface area contributed by atoms with Crippen LogP contribution in [0.2, 0.25) is 0 Å². The van der Waals surface area contributed by atoms with E-state index in [0.717, 1.165) is 12.0 Å². The van der Waals surface area contributed by atoms with E-state index >= 15 is 0 Å². The number of hydrogen-bond acceptors (Lipinski definition) is 3. The van der Waals surface area contributed by atoms with E-state index in [4.69, 9.17) is 0 Å². The van der Waals surface area contributed by atoms with Crippen LogP contribution in [-0.2, 0) is 21.2 Å². The van der Waals surface area contributed by atoms with Gasteiger partial charge in [0.1, 0.15) is 0 Å². The van der Waals surface area contributed by atoms with Gasteiger partial charge in [-0.05, 0) is 18.4 Å². The van der Waals surface area contributed by atoms with E-state index in [1.807, 2.05) is 37.3 Å². The van der Waals surface area contributed by atoms with Crippen molar-refractivity contribution in [2.45, 2.75) is 26.3 Å². The summed E-state index contributed by atoms with van der Waals surface area (Å²) >= 11 is 0. The third-order valence-electron chi connectivity index (χ3n) is 3.60. The van der Waals surface area contributed by atoms with E-state index < -0.39 is 9.84 Å². The summed E-state index contributed by atoms with van der Waals surface area (Å²) in [6, 6.07) is 9.82. The average molecular weight is 295 g/mol. The first-order chi connectivity index (χ1) is 9.52. The Labute approximate surface area is 120 Å². The minimum Gasteiger partial charge on any atom is -0.338 e. The molecule has 0 bridgehead atoms. The molecule has 1 aromatic rings. The smallest absolute Gasteiger partial charge is 0.227 e. The van der Waals surface area contributed by atoms with Gasteiger partial charge in [0.05, 0.1) is 17.4 Å². The molecule has 0 aromatic heterocycles. The van der Waals surface area contributed by atoms with Crippen LogP contribution in [0, 0.1) is 5.92 Å². The van der Waals surface area contributed by atoms with Gasteiger partial charge in [-0.15, -0.1) is 0 Å². The van der Waals surface area contributed by atoms with Gasteiger partial charge in [-0.1, -0.05) is 37.3 Å². The highest BCUT2D eigenvalue weighted by Crippen LogP contribution is 2.21. The molecule has 0 N–H and O–H groups in total. The molecule has 0 saturated carbocycles. The minimum absolute atomic E-state index is 0.0147. The predicted molar refractivity (Wildman–Crippen MR) is 78.9 cm³/mol. The van der Waals surface area contributed by atoms with Crippen LogP contribution in [0.4, 0.5) is 0 Å². The van der Waals surface area contributed by atoms with Crippen molar-refractivity contribution >= 4 is 15.7 Å². The van der Waals surface area contributed by atoms with Gasteiger partial charge >= 0.3 is 0 Å². The third kappa shape index (κ3) is 3.82. The molecule has 1 aliphatic heterocycles. The third-order valence-corrected chi connectivity index (χ3v) is 5.37. The Bertz CT molecular complexity index is 554. The fraction of sp³-hybridized carbons (Fsp3) is 0.533. The number of hydrogen-bond donors (Lipinski definition) is 0. The van der Waals surface area contributed by atoms with Crippen LogP contribution in [0.1, 0.15) is 25.3 Å². The van der Waals surface area contributed by atoms with E-state index in [2.05, 4.69) is 0 Å². The Kier molecular flexibility index (Phi) is 4.81. The lowest BCUT2D eigenvalue weighted by Gasteiger charge is -2.25. The molecule has 5 heteroatoms. The Balaban J connectivity index is 2.06. The first kappa shape index (κ1) is 15.0. The molecule has 0 spiro atoms. The van der Waals surface area contributed by atoms with Crippen LogP contribution in [0.5, 0.6) is 0 Å². The molecule has 1 atom stereocenters. The lowest BCUT2D eigenvalue weighted by atomic mass is 10.1. The first-order valence-electron chi connectivity index (χ1n) is 7.05. The second-order valence-electron chi connectivity index (χ2n) is 5.35. The second kappa shape index (κ2) is 6.39. The SMILES string of the molecule is CCCN(Cc1ccccc1)C(=O)[C@H]1CCS(=O)(=O)C1. The summed E-state index contributed by atoms with van der Waals surface area (Å²) in [5.74, 6) is -0.206. The maximum atomic E-state index is 12.5. The zero-order chi connectivity index (χ0) is 14.6. The van der Waals surface area contributed by atoms with E-state index in [1.54, 1.807) is 4.90 Å². The zero-order valence-corrected chi connectivity index (χ0v) is 12.6. The van der Waals surface area contributed by atoms with Crippen LogP contribution < -0.4 is 0 Å². The van der Waals surface area contributed by atoms with Crippen LogP contribution >= 0.6 is 0 Å².